The fraction of sp³-hybridized carbons (Fsp3) is 0.400. The minimum atomic E-state index is -0.366. The fourth-order valence-corrected chi connectivity index (χ4v) is 2.97. The Balaban J connectivity index is 1.91. The summed E-state index contributed by atoms with van der Waals surface area (Å²) in [5, 5.41) is 4.75. The van der Waals surface area contributed by atoms with E-state index in [0.717, 1.165) is 18.4 Å². The molecule has 0 amide bonds. The summed E-state index contributed by atoms with van der Waals surface area (Å²) in [4.78, 5) is 0. The number of hydrogen-bond donors (Lipinski definition) is 1. The molecule has 3 nitrogen and oxygen atoms in total. The van der Waals surface area contributed by atoms with Gasteiger partial charge in [0.05, 0.1) is 22.9 Å². The third kappa shape index (κ3) is 2.52. The van der Waals surface area contributed by atoms with Crippen molar-refractivity contribution in [3.63, 3.8) is 0 Å². The molecule has 1 saturated carbocycles. The molecule has 5 heteroatoms. The first-order valence-corrected chi connectivity index (χ1v) is 7.32. The SMILES string of the molecule is Nc1cc(F)c(-c2cnn(C3CCCCC3)c2)cc1Cl. The van der Waals surface area contributed by atoms with Crippen LogP contribution in [0.4, 0.5) is 10.1 Å². The van der Waals surface area contributed by atoms with E-state index in [1.54, 1.807) is 12.3 Å². The van der Waals surface area contributed by atoms with E-state index in [-0.39, 0.29) is 11.5 Å². The molecule has 0 atom stereocenters. The maximum absolute atomic E-state index is 14.0. The maximum atomic E-state index is 14.0. The van der Waals surface area contributed by atoms with Gasteiger partial charge in [0.15, 0.2) is 0 Å². The highest BCUT2D eigenvalue weighted by molar-refractivity contribution is 6.33. The van der Waals surface area contributed by atoms with Gasteiger partial charge in [-0.1, -0.05) is 30.9 Å². The molecule has 0 spiro atoms. The van der Waals surface area contributed by atoms with Gasteiger partial charge in [0.2, 0.25) is 0 Å². The zero-order valence-corrected chi connectivity index (χ0v) is 11.9. The van der Waals surface area contributed by atoms with Crippen LogP contribution in [0.15, 0.2) is 24.5 Å². The predicted molar refractivity (Wildman–Crippen MR) is 79.2 cm³/mol. The molecule has 0 bridgehead atoms. The minimum Gasteiger partial charge on any atom is -0.397 e. The molecule has 0 radical (unpaired) electrons. The van der Waals surface area contributed by atoms with Gasteiger partial charge in [0.1, 0.15) is 5.82 Å². The van der Waals surface area contributed by atoms with Gasteiger partial charge in [-0.25, -0.2) is 4.39 Å². The van der Waals surface area contributed by atoms with Crippen LogP contribution in [0.5, 0.6) is 0 Å². The monoisotopic (exact) mass is 293 g/mol. The van der Waals surface area contributed by atoms with Crippen molar-refractivity contribution in [1.29, 1.82) is 0 Å². The van der Waals surface area contributed by atoms with Crippen molar-refractivity contribution in [2.75, 3.05) is 5.73 Å². The van der Waals surface area contributed by atoms with E-state index in [2.05, 4.69) is 5.10 Å². The van der Waals surface area contributed by atoms with Crippen molar-refractivity contribution in [2.24, 2.45) is 0 Å². The van der Waals surface area contributed by atoms with Crippen LogP contribution in [-0.2, 0) is 0 Å². The van der Waals surface area contributed by atoms with Crippen LogP contribution >= 0.6 is 11.6 Å². The van der Waals surface area contributed by atoms with E-state index in [1.807, 2.05) is 10.9 Å². The van der Waals surface area contributed by atoms with Crippen molar-refractivity contribution in [3.8, 4) is 11.1 Å². The Hall–Kier alpha value is -1.55. The molecule has 1 fully saturated rings. The molecule has 0 aliphatic heterocycles. The summed E-state index contributed by atoms with van der Waals surface area (Å²) >= 11 is 5.97. The molecular formula is C15H17ClFN3. The molecular weight excluding hydrogens is 277 g/mol. The number of anilines is 1. The number of aromatic nitrogens is 2. The number of nitrogens with zero attached hydrogens (tertiary/aromatic N) is 2. The first-order chi connectivity index (χ1) is 9.65. The zero-order chi connectivity index (χ0) is 14.1. The summed E-state index contributed by atoms with van der Waals surface area (Å²) in [6, 6.07) is 3.26. The van der Waals surface area contributed by atoms with Gasteiger partial charge < -0.3 is 5.73 Å². The molecule has 20 heavy (non-hydrogen) atoms. The number of hydrogen-bond acceptors (Lipinski definition) is 2. The number of halogens is 2. The van der Waals surface area contributed by atoms with Crippen LogP contribution in [0.2, 0.25) is 5.02 Å². The Bertz CT molecular complexity index is 618. The lowest BCUT2D eigenvalue weighted by molar-refractivity contribution is 0.329. The summed E-state index contributed by atoms with van der Waals surface area (Å²) < 4.78 is 15.9. The Kier molecular flexibility index (Phi) is 3.66. The normalized spacial score (nSPS) is 16.5. The van der Waals surface area contributed by atoms with Crippen LogP contribution in [0.25, 0.3) is 11.1 Å². The van der Waals surface area contributed by atoms with Crippen molar-refractivity contribution >= 4 is 17.3 Å². The van der Waals surface area contributed by atoms with Crippen molar-refractivity contribution in [1.82, 2.24) is 9.78 Å². The second kappa shape index (κ2) is 5.44. The van der Waals surface area contributed by atoms with E-state index < -0.39 is 0 Å². The maximum Gasteiger partial charge on any atom is 0.133 e. The summed E-state index contributed by atoms with van der Waals surface area (Å²) in [5.74, 6) is -0.366. The smallest absolute Gasteiger partial charge is 0.133 e. The number of benzene rings is 1. The van der Waals surface area contributed by atoms with Gasteiger partial charge in [0.25, 0.3) is 0 Å². The predicted octanol–water partition coefficient (Wildman–Crippen LogP) is 4.43. The van der Waals surface area contributed by atoms with Crippen molar-refractivity contribution in [2.45, 2.75) is 38.1 Å². The van der Waals surface area contributed by atoms with Crippen LogP contribution < -0.4 is 5.73 Å². The molecule has 1 aromatic carbocycles. The Morgan fingerprint density at radius 2 is 2.00 bits per heavy atom. The van der Waals surface area contributed by atoms with Crippen LogP contribution in [-0.4, -0.2) is 9.78 Å². The Morgan fingerprint density at radius 1 is 1.25 bits per heavy atom. The molecule has 2 N–H and O–H groups in total. The van der Waals surface area contributed by atoms with Gasteiger partial charge in [-0.2, -0.15) is 5.10 Å². The average Bonchev–Trinajstić information content (AvgIpc) is 2.93. The largest absolute Gasteiger partial charge is 0.397 e. The van der Waals surface area contributed by atoms with Gasteiger partial charge >= 0.3 is 0 Å². The highest BCUT2D eigenvalue weighted by atomic mass is 35.5. The second-order valence-corrected chi connectivity index (χ2v) is 5.76. The molecule has 1 heterocycles. The first-order valence-electron chi connectivity index (χ1n) is 6.94. The van der Waals surface area contributed by atoms with E-state index >= 15 is 0 Å². The lowest BCUT2D eigenvalue weighted by Gasteiger charge is -2.21. The van der Waals surface area contributed by atoms with E-state index in [1.165, 1.54) is 25.3 Å². The number of nitrogen functional groups attached to an aromatic ring is 1. The zero-order valence-electron chi connectivity index (χ0n) is 11.1. The molecule has 1 aliphatic rings. The van der Waals surface area contributed by atoms with Gasteiger partial charge in [0, 0.05) is 17.3 Å². The minimum absolute atomic E-state index is 0.257. The lowest BCUT2D eigenvalue weighted by Crippen LogP contribution is -2.12. The quantitative estimate of drug-likeness (QED) is 0.832. The van der Waals surface area contributed by atoms with Crippen molar-refractivity contribution in [3.05, 3.63) is 35.4 Å². The van der Waals surface area contributed by atoms with Crippen LogP contribution in [0.1, 0.15) is 38.1 Å². The van der Waals surface area contributed by atoms with Crippen molar-refractivity contribution < 1.29 is 4.39 Å². The topological polar surface area (TPSA) is 43.8 Å². The molecule has 3 rings (SSSR count). The molecule has 1 aliphatic carbocycles. The average molecular weight is 294 g/mol. The molecule has 0 unspecified atom stereocenters. The van der Waals surface area contributed by atoms with E-state index in [9.17, 15) is 4.39 Å². The van der Waals surface area contributed by atoms with E-state index in [0.29, 0.717) is 16.6 Å². The number of nitrogens with two attached hydrogens (primary N) is 1. The summed E-state index contributed by atoms with van der Waals surface area (Å²) in [6.45, 7) is 0. The van der Waals surface area contributed by atoms with Crippen LogP contribution in [0, 0.1) is 5.82 Å². The third-order valence-electron chi connectivity index (χ3n) is 3.95. The van der Waals surface area contributed by atoms with Gasteiger partial charge in [-0.15, -0.1) is 0 Å². The van der Waals surface area contributed by atoms with Gasteiger partial charge in [-0.05, 0) is 25.0 Å². The summed E-state index contributed by atoms with van der Waals surface area (Å²) in [7, 11) is 0. The lowest BCUT2D eigenvalue weighted by atomic mass is 9.96. The van der Waals surface area contributed by atoms with Crippen LogP contribution in [0.3, 0.4) is 0 Å². The molecule has 1 aromatic heterocycles. The fourth-order valence-electron chi connectivity index (χ4n) is 2.81. The van der Waals surface area contributed by atoms with Gasteiger partial charge in [-0.3, -0.25) is 4.68 Å². The second-order valence-electron chi connectivity index (χ2n) is 5.35. The molecule has 106 valence electrons. The van der Waals surface area contributed by atoms with E-state index in [4.69, 9.17) is 17.3 Å². The molecule has 0 saturated heterocycles. The molecule has 2 aromatic rings. The number of rotatable bonds is 2. The highest BCUT2D eigenvalue weighted by Gasteiger charge is 2.17. The summed E-state index contributed by atoms with van der Waals surface area (Å²) in [5.41, 5.74) is 7.05. The Morgan fingerprint density at radius 3 is 2.75 bits per heavy atom. The first kappa shape index (κ1) is 13.4. The highest BCUT2D eigenvalue weighted by Crippen LogP contribution is 2.32. The Labute approximate surface area is 122 Å². The summed E-state index contributed by atoms with van der Waals surface area (Å²) in [6.07, 6.45) is 9.66. The third-order valence-corrected chi connectivity index (χ3v) is 4.28. The standard InChI is InChI=1S/C15H17ClFN3/c16-13-6-12(14(17)7-15(13)18)10-8-19-20(9-10)11-4-2-1-3-5-11/h6-9,11H,1-5,18H2.